The van der Waals surface area contributed by atoms with Gasteiger partial charge < -0.3 is 15.6 Å². The van der Waals surface area contributed by atoms with Crippen LogP contribution in [0.3, 0.4) is 0 Å². The van der Waals surface area contributed by atoms with Crippen molar-refractivity contribution in [3.63, 3.8) is 0 Å². The third-order valence-electron chi connectivity index (χ3n) is 3.18. The highest BCUT2D eigenvalue weighted by Crippen LogP contribution is 2.44. The van der Waals surface area contributed by atoms with Gasteiger partial charge in [-0.2, -0.15) is 0 Å². The number of aliphatic hydroxyl groups is 1. The van der Waals surface area contributed by atoms with Crippen LogP contribution in [0.5, 0.6) is 5.75 Å². The predicted molar refractivity (Wildman–Crippen MR) is 66.1 cm³/mol. The maximum absolute atomic E-state index is 8.88. The van der Waals surface area contributed by atoms with Gasteiger partial charge in [0.15, 0.2) is 6.10 Å². The van der Waals surface area contributed by atoms with Crippen LogP contribution >= 0.6 is 0 Å². The first-order chi connectivity index (χ1) is 8.22. The van der Waals surface area contributed by atoms with E-state index in [9.17, 15) is 0 Å². The summed E-state index contributed by atoms with van der Waals surface area (Å²) in [7, 11) is 0. The summed E-state index contributed by atoms with van der Waals surface area (Å²) in [6.07, 6.45) is 1.40. The first-order valence-corrected chi connectivity index (χ1v) is 5.89. The SMILES string of the molecule is N=C(N)C(Oc1ccccc1)C1CC1CCO. The van der Waals surface area contributed by atoms with Crippen molar-refractivity contribution < 1.29 is 9.84 Å². The van der Waals surface area contributed by atoms with Crippen molar-refractivity contribution in [2.24, 2.45) is 17.6 Å². The number of nitrogens with one attached hydrogen (secondary N) is 1. The lowest BCUT2D eigenvalue weighted by Crippen LogP contribution is -2.35. The topological polar surface area (TPSA) is 79.3 Å². The Hall–Kier alpha value is -1.55. The van der Waals surface area contributed by atoms with E-state index < -0.39 is 0 Å². The lowest BCUT2D eigenvalue weighted by atomic mass is 10.1. The third-order valence-corrected chi connectivity index (χ3v) is 3.18. The molecule has 1 aliphatic carbocycles. The number of rotatable bonds is 6. The second kappa shape index (κ2) is 5.19. The molecule has 1 aliphatic rings. The molecule has 4 heteroatoms. The van der Waals surface area contributed by atoms with Gasteiger partial charge in [0.2, 0.25) is 0 Å². The van der Waals surface area contributed by atoms with Gasteiger partial charge >= 0.3 is 0 Å². The summed E-state index contributed by atoms with van der Waals surface area (Å²) in [5.41, 5.74) is 5.58. The molecule has 1 fully saturated rings. The monoisotopic (exact) mass is 234 g/mol. The number of aliphatic hydroxyl groups excluding tert-OH is 1. The summed E-state index contributed by atoms with van der Waals surface area (Å²) in [5, 5.41) is 16.5. The summed E-state index contributed by atoms with van der Waals surface area (Å²) >= 11 is 0. The van der Waals surface area contributed by atoms with Crippen LogP contribution in [0, 0.1) is 17.2 Å². The summed E-state index contributed by atoms with van der Waals surface area (Å²) in [6.45, 7) is 0.192. The standard InChI is InChI=1S/C13H18N2O2/c14-13(15)12(11-8-9(11)6-7-16)17-10-4-2-1-3-5-10/h1-5,9,11-12,16H,6-8H2,(H3,14,15). The number of amidine groups is 1. The molecule has 92 valence electrons. The Morgan fingerprint density at radius 1 is 1.47 bits per heavy atom. The summed E-state index contributed by atoms with van der Waals surface area (Å²) < 4.78 is 5.75. The second-order valence-electron chi connectivity index (χ2n) is 4.48. The van der Waals surface area contributed by atoms with Crippen LogP contribution in [0.4, 0.5) is 0 Å². The normalized spacial score (nSPS) is 24.1. The molecule has 17 heavy (non-hydrogen) atoms. The van der Waals surface area contributed by atoms with Crippen molar-refractivity contribution in [2.75, 3.05) is 6.61 Å². The highest BCUT2D eigenvalue weighted by atomic mass is 16.5. The zero-order valence-corrected chi connectivity index (χ0v) is 9.67. The molecular weight excluding hydrogens is 216 g/mol. The molecule has 0 radical (unpaired) electrons. The first kappa shape index (κ1) is 11.9. The van der Waals surface area contributed by atoms with Gasteiger partial charge in [-0.3, -0.25) is 5.41 Å². The number of para-hydroxylation sites is 1. The summed E-state index contributed by atoms with van der Waals surface area (Å²) in [5.74, 6) is 1.53. The molecule has 1 aromatic rings. The van der Waals surface area contributed by atoms with Gasteiger partial charge in [-0.25, -0.2) is 0 Å². The van der Waals surface area contributed by atoms with Crippen LogP contribution in [0.15, 0.2) is 30.3 Å². The Morgan fingerprint density at radius 3 is 2.76 bits per heavy atom. The molecule has 4 nitrogen and oxygen atoms in total. The van der Waals surface area contributed by atoms with E-state index in [2.05, 4.69) is 0 Å². The average Bonchev–Trinajstić information content (AvgIpc) is 3.07. The predicted octanol–water partition coefficient (Wildman–Crippen LogP) is 1.39. The molecule has 1 aromatic carbocycles. The van der Waals surface area contributed by atoms with Gasteiger partial charge in [-0.15, -0.1) is 0 Å². The summed E-state index contributed by atoms with van der Waals surface area (Å²) in [4.78, 5) is 0. The molecule has 2 rings (SSSR count). The molecular formula is C13H18N2O2. The Bertz CT molecular complexity index is 380. The van der Waals surface area contributed by atoms with E-state index in [-0.39, 0.29) is 24.5 Å². The lowest BCUT2D eigenvalue weighted by Gasteiger charge is -2.18. The maximum atomic E-state index is 8.88. The van der Waals surface area contributed by atoms with Crippen molar-refractivity contribution in [3.05, 3.63) is 30.3 Å². The van der Waals surface area contributed by atoms with E-state index in [0.29, 0.717) is 5.92 Å². The van der Waals surface area contributed by atoms with E-state index in [1.54, 1.807) is 0 Å². The number of benzene rings is 1. The van der Waals surface area contributed by atoms with E-state index in [4.69, 9.17) is 21.0 Å². The van der Waals surface area contributed by atoms with Crippen molar-refractivity contribution in [3.8, 4) is 5.75 Å². The van der Waals surface area contributed by atoms with Gasteiger partial charge in [0.25, 0.3) is 0 Å². The number of ether oxygens (including phenoxy) is 1. The third kappa shape index (κ3) is 2.97. The van der Waals surface area contributed by atoms with Crippen molar-refractivity contribution in [2.45, 2.75) is 18.9 Å². The van der Waals surface area contributed by atoms with Gasteiger partial charge in [-0.1, -0.05) is 18.2 Å². The molecule has 1 saturated carbocycles. The fraction of sp³-hybridized carbons (Fsp3) is 0.462. The van der Waals surface area contributed by atoms with Gasteiger partial charge in [-0.05, 0) is 30.9 Å². The molecule has 0 bridgehead atoms. The zero-order valence-electron chi connectivity index (χ0n) is 9.67. The quantitative estimate of drug-likeness (QED) is 0.514. The van der Waals surface area contributed by atoms with Crippen molar-refractivity contribution >= 4 is 5.84 Å². The minimum absolute atomic E-state index is 0.0688. The smallest absolute Gasteiger partial charge is 0.158 e. The van der Waals surface area contributed by atoms with Crippen LogP contribution in [0.25, 0.3) is 0 Å². The second-order valence-corrected chi connectivity index (χ2v) is 4.48. The average molecular weight is 234 g/mol. The van der Waals surface area contributed by atoms with Crippen LogP contribution in [-0.2, 0) is 0 Å². The van der Waals surface area contributed by atoms with E-state index >= 15 is 0 Å². The molecule has 0 aliphatic heterocycles. The Kier molecular flexibility index (Phi) is 3.64. The lowest BCUT2D eigenvalue weighted by molar-refractivity contribution is 0.223. The van der Waals surface area contributed by atoms with Crippen LogP contribution in [-0.4, -0.2) is 23.7 Å². The Labute approximate surface area is 101 Å². The first-order valence-electron chi connectivity index (χ1n) is 5.89. The van der Waals surface area contributed by atoms with E-state index in [1.165, 1.54) is 0 Å². The maximum Gasteiger partial charge on any atom is 0.158 e. The van der Waals surface area contributed by atoms with Crippen LogP contribution < -0.4 is 10.5 Å². The number of hydrogen-bond donors (Lipinski definition) is 3. The Morgan fingerprint density at radius 2 is 2.18 bits per heavy atom. The fourth-order valence-electron chi connectivity index (χ4n) is 2.17. The molecule has 3 atom stereocenters. The molecule has 3 unspecified atom stereocenters. The van der Waals surface area contributed by atoms with Gasteiger partial charge in [0.1, 0.15) is 11.6 Å². The Balaban J connectivity index is 1.98. The van der Waals surface area contributed by atoms with E-state index in [1.807, 2.05) is 30.3 Å². The molecule has 0 aromatic heterocycles. The molecule has 4 N–H and O–H groups in total. The molecule has 0 saturated heterocycles. The molecule has 0 spiro atoms. The number of nitrogens with two attached hydrogens (primary N) is 1. The van der Waals surface area contributed by atoms with Crippen molar-refractivity contribution in [1.82, 2.24) is 0 Å². The molecule has 0 amide bonds. The summed E-state index contributed by atoms with van der Waals surface area (Å²) in [6, 6.07) is 9.43. The minimum Gasteiger partial charge on any atom is -0.482 e. The largest absolute Gasteiger partial charge is 0.482 e. The van der Waals surface area contributed by atoms with E-state index in [0.717, 1.165) is 18.6 Å². The fourth-order valence-corrected chi connectivity index (χ4v) is 2.17. The minimum atomic E-state index is -0.353. The van der Waals surface area contributed by atoms with Crippen LogP contribution in [0.2, 0.25) is 0 Å². The number of hydrogen-bond acceptors (Lipinski definition) is 3. The highest BCUT2D eigenvalue weighted by molar-refractivity contribution is 5.82. The van der Waals surface area contributed by atoms with Gasteiger partial charge in [0.05, 0.1) is 0 Å². The van der Waals surface area contributed by atoms with Gasteiger partial charge in [0, 0.05) is 12.5 Å². The zero-order chi connectivity index (χ0) is 12.3. The highest BCUT2D eigenvalue weighted by Gasteiger charge is 2.45. The molecule has 0 heterocycles. The van der Waals surface area contributed by atoms with Crippen molar-refractivity contribution in [1.29, 1.82) is 5.41 Å². The van der Waals surface area contributed by atoms with Crippen LogP contribution in [0.1, 0.15) is 12.8 Å².